The predicted octanol–water partition coefficient (Wildman–Crippen LogP) is 2.76. The van der Waals surface area contributed by atoms with Crippen LogP contribution in [0.25, 0.3) is 0 Å². The summed E-state index contributed by atoms with van der Waals surface area (Å²) >= 11 is 3.26. The van der Waals surface area contributed by atoms with Gasteiger partial charge >= 0.3 is 5.97 Å². The Morgan fingerprint density at radius 1 is 1.31 bits per heavy atom. The second-order valence-corrected chi connectivity index (χ2v) is 8.27. The molecule has 0 saturated carbocycles. The number of furan rings is 1. The lowest BCUT2D eigenvalue weighted by Gasteiger charge is -2.27. The summed E-state index contributed by atoms with van der Waals surface area (Å²) in [6.45, 7) is 1.48. The number of sulfonamides is 1. The van der Waals surface area contributed by atoms with Gasteiger partial charge in [-0.15, -0.1) is 6.42 Å². The fourth-order valence-corrected chi connectivity index (χ4v) is 4.17. The third kappa shape index (κ3) is 4.55. The maximum atomic E-state index is 13.1. The number of carbonyl (C=O) groups excluding carboxylic acids is 1. The minimum atomic E-state index is -4.02. The molecule has 0 spiro atoms. The maximum Gasteiger partial charge on any atom is 0.324 e. The van der Waals surface area contributed by atoms with Crippen LogP contribution >= 0.6 is 15.9 Å². The number of aryl methyl sites for hydroxylation is 1. The van der Waals surface area contributed by atoms with Crippen LogP contribution in [0.3, 0.4) is 0 Å². The van der Waals surface area contributed by atoms with Crippen LogP contribution in [0.2, 0.25) is 0 Å². The van der Waals surface area contributed by atoms with Gasteiger partial charge in [0.2, 0.25) is 10.0 Å². The standard InChI is InChI=1S/C18H18BrNO5S/c1-4-11-20(26(22,23)16-9-6-14(19)7-10-16)17(18(21)24-3)12-15-8-5-13(2)25-15/h1,5-10,17H,11-12H2,2-3H3/t17-/m1/s1. The molecule has 0 unspecified atom stereocenters. The SMILES string of the molecule is C#CCN([C@H](Cc1ccc(C)o1)C(=O)OC)S(=O)(=O)c1ccc(Br)cc1. The van der Waals surface area contributed by atoms with Gasteiger partial charge < -0.3 is 9.15 Å². The lowest BCUT2D eigenvalue weighted by molar-refractivity contribution is -0.145. The van der Waals surface area contributed by atoms with Crippen LogP contribution in [-0.2, 0) is 26.0 Å². The van der Waals surface area contributed by atoms with E-state index in [2.05, 4.69) is 21.9 Å². The number of esters is 1. The van der Waals surface area contributed by atoms with E-state index in [-0.39, 0.29) is 17.9 Å². The molecule has 1 atom stereocenters. The highest BCUT2D eigenvalue weighted by Gasteiger charge is 2.37. The van der Waals surface area contributed by atoms with Gasteiger partial charge in [-0.2, -0.15) is 4.31 Å². The fourth-order valence-electron chi connectivity index (χ4n) is 2.42. The summed E-state index contributed by atoms with van der Waals surface area (Å²) in [5, 5.41) is 0. The zero-order valence-corrected chi connectivity index (χ0v) is 16.7. The van der Waals surface area contributed by atoms with Crippen LogP contribution in [0, 0.1) is 19.3 Å². The van der Waals surface area contributed by atoms with E-state index in [1.165, 1.54) is 19.2 Å². The van der Waals surface area contributed by atoms with Crippen molar-refractivity contribution in [2.75, 3.05) is 13.7 Å². The predicted molar refractivity (Wildman–Crippen MR) is 99.8 cm³/mol. The van der Waals surface area contributed by atoms with Crippen LogP contribution in [-0.4, -0.2) is 38.4 Å². The Morgan fingerprint density at radius 2 is 1.96 bits per heavy atom. The Hall–Kier alpha value is -2.08. The zero-order chi connectivity index (χ0) is 19.3. The van der Waals surface area contributed by atoms with Gasteiger partial charge in [0.1, 0.15) is 17.6 Å². The first-order valence-corrected chi connectivity index (χ1v) is 9.87. The summed E-state index contributed by atoms with van der Waals surface area (Å²) < 4.78 is 38.1. The third-order valence-electron chi connectivity index (χ3n) is 3.68. The molecule has 2 aromatic rings. The minimum absolute atomic E-state index is 0.0119. The molecule has 0 aliphatic carbocycles. The van der Waals surface area contributed by atoms with E-state index in [0.29, 0.717) is 11.5 Å². The van der Waals surface area contributed by atoms with Gasteiger partial charge in [0.05, 0.1) is 18.6 Å². The van der Waals surface area contributed by atoms with Gasteiger partial charge in [-0.1, -0.05) is 21.9 Å². The Labute approximate surface area is 161 Å². The summed E-state index contributed by atoms with van der Waals surface area (Å²) in [6, 6.07) is 8.36. The number of nitrogens with zero attached hydrogens (tertiary/aromatic N) is 1. The van der Waals surface area contributed by atoms with E-state index >= 15 is 0 Å². The first kappa shape index (κ1) is 20.2. The largest absolute Gasteiger partial charge is 0.468 e. The number of methoxy groups -OCH3 is 1. The van der Waals surface area contributed by atoms with Gasteiger partial charge in [-0.05, 0) is 43.3 Å². The smallest absolute Gasteiger partial charge is 0.324 e. The molecule has 8 heteroatoms. The fraction of sp³-hybridized carbons (Fsp3) is 0.278. The number of hydrogen-bond acceptors (Lipinski definition) is 5. The average Bonchev–Trinajstić information content (AvgIpc) is 3.02. The van der Waals surface area contributed by atoms with Crippen LogP contribution in [0.15, 0.2) is 50.2 Å². The van der Waals surface area contributed by atoms with E-state index in [1.807, 2.05) is 0 Å². The highest BCUT2D eigenvalue weighted by atomic mass is 79.9. The normalized spacial score (nSPS) is 12.6. The first-order valence-electron chi connectivity index (χ1n) is 7.63. The molecular weight excluding hydrogens is 422 g/mol. The summed E-state index contributed by atoms with van der Waals surface area (Å²) in [6.07, 6.45) is 5.38. The number of rotatable bonds is 7. The quantitative estimate of drug-likeness (QED) is 0.489. The van der Waals surface area contributed by atoms with Crippen LogP contribution in [0.4, 0.5) is 0 Å². The Bertz CT molecular complexity index is 912. The van der Waals surface area contributed by atoms with Gasteiger partial charge in [0, 0.05) is 10.9 Å². The molecule has 6 nitrogen and oxygen atoms in total. The molecule has 0 aliphatic rings. The van der Waals surface area contributed by atoms with Crippen molar-refractivity contribution in [2.45, 2.75) is 24.3 Å². The third-order valence-corrected chi connectivity index (χ3v) is 6.08. The second kappa shape index (κ2) is 8.54. The number of ether oxygens (including phenoxy) is 1. The number of benzene rings is 1. The van der Waals surface area contributed by atoms with Gasteiger partial charge in [-0.3, -0.25) is 4.79 Å². The number of halogens is 1. The maximum absolute atomic E-state index is 13.1. The van der Waals surface area contributed by atoms with Crippen molar-refractivity contribution < 1.29 is 22.4 Å². The Morgan fingerprint density at radius 3 is 2.46 bits per heavy atom. The molecule has 0 saturated heterocycles. The summed E-state index contributed by atoms with van der Waals surface area (Å²) in [7, 11) is -2.82. The lowest BCUT2D eigenvalue weighted by atomic mass is 10.1. The van der Waals surface area contributed by atoms with Crippen LogP contribution in [0.5, 0.6) is 0 Å². The van der Waals surface area contributed by atoms with Gasteiger partial charge in [0.25, 0.3) is 0 Å². The molecule has 26 heavy (non-hydrogen) atoms. The van der Waals surface area contributed by atoms with Crippen molar-refractivity contribution in [3.63, 3.8) is 0 Å². The molecule has 1 aromatic heterocycles. The molecule has 0 aliphatic heterocycles. The number of hydrogen-bond donors (Lipinski definition) is 0. The molecule has 1 heterocycles. The van der Waals surface area contributed by atoms with Crippen LogP contribution < -0.4 is 0 Å². The van der Waals surface area contributed by atoms with Crippen molar-refractivity contribution in [2.24, 2.45) is 0 Å². The molecule has 0 bridgehead atoms. The van der Waals surface area contributed by atoms with Gasteiger partial charge in [0.15, 0.2) is 0 Å². The van der Waals surface area contributed by atoms with Crippen molar-refractivity contribution in [3.05, 3.63) is 52.4 Å². The summed E-state index contributed by atoms with van der Waals surface area (Å²) in [5.74, 6) is 2.71. The van der Waals surface area contributed by atoms with Crippen molar-refractivity contribution in [3.8, 4) is 12.3 Å². The lowest BCUT2D eigenvalue weighted by Crippen LogP contribution is -2.47. The molecule has 2 rings (SSSR count). The number of carbonyl (C=O) groups is 1. The number of terminal acetylenes is 1. The molecule has 0 N–H and O–H groups in total. The molecule has 0 amide bonds. The Kier molecular flexibility index (Phi) is 6.64. The minimum Gasteiger partial charge on any atom is -0.468 e. The average molecular weight is 440 g/mol. The van der Waals surface area contributed by atoms with Gasteiger partial charge in [-0.25, -0.2) is 8.42 Å². The summed E-state index contributed by atoms with van der Waals surface area (Å²) in [5.41, 5.74) is 0. The molecule has 0 fully saturated rings. The van der Waals surface area contributed by atoms with Crippen LogP contribution in [0.1, 0.15) is 11.5 Å². The zero-order valence-electron chi connectivity index (χ0n) is 14.3. The monoisotopic (exact) mass is 439 g/mol. The highest BCUT2D eigenvalue weighted by Crippen LogP contribution is 2.23. The van der Waals surface area contributed by atoms with Crippen molar-refractivity contribution >= 4 is 31.9 Å². The van der Waals surface area contributed by atoms with E-state index in [1.54, 1.807) is 31.2 Å². The first-order chi connectivity index (χ1) is 12.3. The van der Waals surface area contributed by atoms with E-state index in [9.17, 15) is 13.2 Å². The highest BCUT2D eigenvalue weighted by molar-refractivity contribution is 9.10. The topological polar surface area (TPSA) is 76.8 Å². The Balaban J connectivity index is 2.46. The van der Waals surface area contributed by atoms with E-state index in [0.717, 1.165) is 8.78 Å². The molecule has 0 radical (unpaired) electrons. The molecular formula is C18H18BrNO5S. The van der Waals surface area contributed by atoms with E-state index in [4.69, 9.17) is 15.6 Å². The van der Waals surface area contributed by atoms with Crippen molar-refractivity contribution in [1.82, 2.24) is 4.31 Å². The molecule has 1 aromatic carbocycles. The van der Waals surface area contributed by atoms with Crippen molar-refractivity contribution in [1.29, 1.82) is 0 Å². The molecule has 138 valence electrons. The summed E-state index contributed by atoms with van der Waals surface area (Å²) in [4.78, 5) is 12.4. The second-order valence-electron chi connectivity index (χ2n) is 5.46. The van der Waals surface area contributed by atoms with E-state index < -0.39 is 22.0 Å².